The van der Waals surface area contributed by atoms with Gasteiger partial charge in [0.1, 0.15) is 11.5 Å². The molecule has 0 aliphatic carbocycles. The molecule has 2 heterocycles. The summed E-state index contributed by atoms with van der Waals surface area (Å²) in [6.45, 7) is 0. The number of hydrogen-bond acceptors (Lipinski definition) is 5. The Bertz CT molecular complexity index is 784. The second-order valence-electron chi connectivity index (χ2n) is 4.26. The van der Waals surface area contributed by atoms with Gasteiger partial charge in [-0.15, -0.1) is 0 Å². The molecule has 0 bridgehead atoms. The standard InChI is InChI=1S/C15H12N4O/c16-19-15(12-5-1-2-7-17-12)13-8-10-4-3-6-14(20)11(10)9-18-13/h1-9,20H,16H2. The highest BCUT2D eigenvalue weighted by molar-refractivity contribution is 6.11. The van der Waals surface area contributed by atoms with Gasteiger partial charge in [-0.05, 0) is 29.7 Å². The van der Waals surface area contributed by atoms with Crippen LogP contribution in [0.5, 0.6) is 5.75 Å². The van der Waals surface area contributed by atoms with Crippen molar-refractivity contribution in [3.8, 4) is 5.75 Å². The molecule has 3 N–H and O–H groups in total. The van der Waals surface area contributed by atoms with Crippen LogP contribution in [0.4, 0.5) is 0 Å². The van der Waals surface area contributed by atoms with Crippen LogP contribution in [0.1, 0.15) is 11.4 Å². The van der Waals surface area contributed by atoms with Gasteiger partial charge in [0.2, 0.25) is 0 Å². The maximum atomic E-state index is 9.77. The molecule has 0 aliphatic heterocycles. The highest BCUT2D eigenvalue weighted by Crippen LogP contribution is 2.24. The zero-order valence-corrected chi connectivity index (χ0v) is 10.6. The van der Waals surface area contributed by atoms with Crippen molar-refractivity contribution in [2.45, 2.75) is 0 Å². The van der Waals surface area contributed by atoms with Crippen LogP contribution in [-0.4, -0.2) is 20.8 Å². The Balaban J connectivity index is 2.14. The van der Waals surface area contributed by atoms with Crippen LogP contribution < -0.4 is 5.84 Å². The van der Waals surface area contributed by atoms with Crippen molar-refractivity contribution >= 4 is 16.5 Å². The monoisotopic (exact) mass is 264 g/mol. The van der Waals surface area contributed by atoms with Crippen LogP contribution in [0.25, 0.3) is 10.8 Å². The van der Waals surface area contributed by atoms with Crippen molar-refractivity contribution < 1.29 is 5.11 Å². The lowest BCUT2D eigenvalue weighted by Crippen LogP contribution is -2.10. The molecule has 0 atom stereocenters. The number of phenolic OH excluding ortho intramolecular Hbond substituents is 1. The number of nitrogens with two attached hydrogens (primary N) is 1. The molecular formula is C15H12N4O. The predicted molar refractivity (Wildman–Crippen MR) is 77.5 cm³/mol. The van der Waals surface area contributed by atoms with E-state index in [-0.39, 0.29) is 5.75 Å². The molecule has 3 aromatic rings. The Morgan fingerprint density at radius 1 is 1.05 bits per heavy atom. The fourth-order valence-electron chi connectivity index (χ4n) is 2.05. The SMILES string of the molecule is NN=C(c1ccccn1)c1cc2cccc(O)c2cn1. The highest BCUT2D eigenvalue weighted by atomic mass is 16.3. The molecule has 2 aromatic heterocycles. The van der Waals surface area contributed by atoms with Gasteiger partial charge in [0.15, 0.2) is 0 Å². The van der Waals surface area contributed by atoms with E-state index in [0.717, 1.165) is 5.39 Å². The van der Waals surface area contributed by atoms with Crippen LogP contribution in [0.3, 0.4) is 0 Å². The largest absolute Gasteiger partial charge is 0.507 e. The molecule has 0 aliphatic rings. The zero-order chi connectivity index (χ0) is 13.9. The number of rotatable bonds is 2. The van der Waals surface area contributed by atoms with Gasteiger partial charge in [0, 0.05) is 17.8 Å². The molecule has 0 saturated heterocycles. The Morgan fingerprint density at radius 3 is 2.70 bits per heavy atom. The van der Waals surface area contributed by atoms with Gasteiger partial charge < -0.3 is 10.9 Å². The molecule has 5 heteroatoms. The van der Waals surface area contributed by atoms with E-state index in [2.05, 4.69) is 15.1 Å². The molecule has 5 nitrogen and oxygen atoms in total. The van der Waals surface area contributed by atoms with Crippen LogP contribution in [-0.2, 0) is 0 Å². The summed E-state index contributed by atoms with van der Waals surface area (Å²) in [6, 6.07) is 12.6. The van der Waals surface area contributed by atoms with Crippen molar-refractivity contribution in [2.24, 2.45) is 10.9 Å². The summed E-state index contributed by atoms with van der Waals surface area (Å²) < 4.78 is 0. The first kappa shape index (κ1) is 12.1. The molecule has 1 aromatic carbocycles. The number of phenols is 1. The first-order valence-electron chi connectivity index (χ1n) is 6.07. The molecule has 0 amide bonds. The molecule has 0 saturated carbocycles. The molecule has 0 unspecified atom stereocenters. The minimum absolute atomic E-state index is 0.200. The summed E-state index contributed by atoms with van der Waals surface area (Å²) in [7, 11) is 0. The molecule has 20 heavy (non-hydrogen) atoms. The molecular weight excluding hydrogens is 252 g/mol. The fraction of sp³-hybridized carbons (Fsp3) is 0. The summed E-state index contributed by atoms with van der Waals surface area (Å²) in [5, 5.41) is 15.1. The van der Waals surface area contributed by atoms with E-state index in [1.807, 2.05) is 30.3 Å². The quantitative estimate of drug-likeness (QED) is 0.421. The number of fused-ring (bicyclic) bond motifs is 1. The van der Waals surface area contributed by atoms with Crippen LogP contribution >= 0.6 is 0 Å². The average molecular weight is 264 g/mol. The number of aromatic hydroxyl groups is 1. The van der Waals surface area contributed by atoms with E-state index in [1.165, 1.54) is 0 Å². The van der Waals surface area contributed by atoms with Gasteiger partial charge in [0.25, 0.3) is 0 Å². The third-order valence-corrected chi connectivity index (χ3v) is 3.02. The number of pyridine rings is 2. The summed E-state index contributed by atoms with van der Waals surface area (Å²) >= 11 is 0. The number of hydrogen-bond donors (Lipinski definition) is 2. The Kier molecular flexibility index (Phi) is 3.01. The lowest BCUT2D eigenvalue weighted by atomic mass is 10.1. The first-order valence-corrected chi connectivity index (χ1v) is 6.07. The lowest BCUT2D eigenvalue weighted by Gasteiger charge is -2.06. The lowest BCUT2D eigenvalue weighted by molar-refractivity contribution is 0.481. The van der Waals surface area contributed by atoms with Crippen LogP contribution in [0.2, 0.25) is 0 Å². The van der Waals surface area contributed by atoms with E-state index >= 15 is 0 Å². The smallest absolute Gasteiger partial charge is 0.134 e. The number of hydrazone groups is 1. The van der Waals surface area contributed by atoms with Crippen molar-refractivity contribution in [1.82, 2.24) is 9.97 Å². The number of benzene rings is 1. The predicted octanol–water partition coefficient (Wildman–Crippen LogP) is 2.05. The molecule has 3 rings (SSSR count). The topological polar surface area (TPSA) is 84.4 Å². The van der Waals surface area contributed by atoms with Gasteiger partial charge in [-0.25, -0.2) is 0 Å². The van der Waals surface area contributed by atoms with Gasteiger partial charge in [-0.2, -0.15) is 5.10 Å². The minimum Gasteiger partial charge on any atom is -0.507 e. The van der Waals surface area contributed by atoms with Crippen molar-refractivity contribution in [3.05, 3.63) is 66.2 Å². The van der Waals surface area contributed by atoms with E-state index in [1.54, 1.807) is 24.5 Å². The second kappa shape index (κ2) is 4.97. The highest BCUT2D eigenvalue weighted by Gasteiger charge is 2.11. The van der Waals surface area contributed by atoms with Gasteiger partial charge >= 0.3 is 0 Å². The third-order valence-electron chi connectivity index (χ3n) is 3.02. The maximum Gasteiger partial charge on any atom is 0.134 e. The summed E-state index contributed by atoms with van der Waals surface area (Å²) in [5.41, 5.74) is 1.78. The normalized spacial score (nSPS) is 11.7. The summed E-state index contributed by atoms with van der Waals surface area (Å²) in [5.74, 6) is 5.67. The summed E-state index contributed by atoms with van der Waals surface area (Å²) in [4.78, 5) is 8.53. The van der Waals surface area contributed by atoms with Crippen molar-refractivity contribution in [3.63, 3.8) is 0 Å². The number of nitrogens with zero attached hydrogens (tertiary/aromatic N) is 3. The van der Waals surface area contributed by atoms with Gasteiger partial charge in [0.05, 0.1) is 11.4 Å². The molecule has 0 radical (unpaired) electrons. The molecule has 0 spiro atoms. The Labute approximate surface area is 115 Å². The minimum atomic E-state index is 0.200. The van der Waals surface area contributed by atoms with Crippen molar-refractivity contribution in [2.75, 3.05) is 0 Å². The Morgan fingerprint density at radius 2 is 1.95 bits per heavy atom. The average Bonchev–Trinajstić information content (AvgIpc) is 2.49. The van der Waals surface area contributed by atoms with E-state index < -0.39 is 0 Å². The van der Waals surface area contributed by atoms with Gasteiger partial charge in [-0.1, -0.05) is 18.2 Å². The molecule has 98 valence electrons. The zero-order valence-electron chi connectivity index (χ0n) is 10.6. The maximum absolute atomic E-state index is 9.77. The van der Waals surface area contributed by atoms with E-state index in [0.29, 0.717) is 22.5 Å². The van der Waals surface area contributed by atoms with Crippen molar-refractivity contribution in [1.29, 1.82) is 0 Å². The second-order valence-corrected chi connectivity index (χ2v) is 4.26. The number of aromatic nitrogens is 2. The van der Waals surface area contributed by atoms with E-state index in [9.17, 15) is 5.11 Å². The first-order chi connectivity index (χ1) is 9.79. The van der Waals surface area contributed by atoms with Gasteiger partial charge in [-0.3, -0.25) is 9.97 Å². The summed E-state index contributed by atoms with van der Waals surface area (Å²) in [6.07, 6.45) is 3.28. The fourth-order valence-corrected chi connectivity index (χ4v) is 2.05. The third kappa shape index (κ3) is 2.05. The molecule has 0 fully saturated rings. The van der Waals surface area contributed by atoms with E-state index in [4.69, 9.17) is 5.84 Å². The van der Waals surface area contributed by atoms with Crippen LogP contribution in [0, 0.1) is 0 Å². The Hall–Kier alpha value is -2.95. The van der Waals surface area contributed by atoms with Crippen LogP contribution in [0.15, 0.2) is 60.0 Å².